The molecule has 2 aliphatic heterocycles. The van der Waals surface area contributed by atoms with Crippen molar-refractivity contribution in [1.29, 1.82) is 0 Å². The van der Waals surface area contributed by atoms with E-state index in [1.165, 1.54) is 90.6 Å². The second kappa shape index (κ2) is 7.05. The van der Waals surface area contributed by atoms with Crippen LogP contribution in [0.25, 0.3) is 0 Å². The van der Waals surface area contributed by atoms with Gasteiger partial charge in [-0.2, -0.15) is 0 Å². The molecule has 110 valence electrons. The summed E-state index contributed by atoms with van der Waals surface area (Å²) in [5.74, 6) is 0. The largest absolute Gasteiger partial charge is 0.313 e. The number of nitrogens with zero attached hydrogens (tertiary/aromatic N) is 2. The zero-order chi connectivity index (χ0) is 12.9. The van der Waals surface area contributed by atoms with Gasteiger partial charge in [0, 0.05) is 31.7 Å². The normalized spacial score (nSPS) is 31.3. The van der Waals surface area contributed by atoms with Gasteiger partial charge in [-0.05, 0) is 51.7 Å². The van der Waals surface area contributed by atoms with Crippen molar-refractivity contribution >= 4 is 0 Å². The topological polar surface area (TPSA) is 18.5 Å². The Labute approximate surface area is 118 Å². The lowest BCUT2D eigenvalue weighted by molar-refractivity contribution is 0.162. The molecule has 1 aliphatic carbocycles. The molecule has 1 saturated carbocycles. The molecule has 3 rings (SSSR count). The Kier molecular flexibility index (Phi) is 5.14. The minimum atomic E-state index is 0.834. The fourth-order valence-corrected chi connectivity index (χ4v) is 4.15. The first-order chi connectivity index (χ1) is 9.42. The number of likely N-dealkylation sites (tertiary alicyclic amines) is 2. The predicted molar refractivity (Wildman–Crippen MR) is 80.5 cm³/mol. The van der Waals surface area contributed by atoms with E-state index in [2.05, 4.69) is 15.1 Å². The van der Waals surface area contributed by atoms with Gasteiger partial charge in [0.2, 0.25) is 0 Å². The van der Waals surface area contributed by atoms with Crippen LogP contribution in [-0.4, -0.2) is 61.2 Å². The SMILES string of the molecule is C1CCN(C2CCN(CCNC3CCCC3)C2)CC1. The summed E-state index contributed by atoms with van der Waals surface area (Å²) in [4.78, 5) is 5.44. The summed E-state index contributed by atoms with van der Waals surface area (Å²) in [5, 5.41) is 3.75. The predicted octanol–water partition coefficient (Wildman–Crippen LogP) is 2.08. The van der Waals surface area contributed by atoms with Crippen molar-refractivity contribution in [3.8, 4) is 0 Å². The third-order valence-corrected chi connectivity index (χ3v) is 5.37. The molecule has 0 amide bonds. The molecule has 2 heterocycles. The van der Waals surface area contributed by atoms with Crippen molar-refractivity contribution in [2.24, 2.45) is 0 Å². The number of hydrogen-bond donors (Lipinski definition) is 1. The van der Waals surface area contributed by atoms with Crippen LogP contribution in [0.1, 0.15) is 51.4 Å². The summed E-state index contributed by atoms with van der Waals surface area (Å²) in [6.45, 7) is 7.84. The van der Waals surface area contributed by atoms with E-state index in [-0.39, 0.29) is 0 Å². The van der Waals surface area contributed by atoms with Gasteiger partial charge in [-0.3, -0.25) is 4.90 Å². The number of rotatable bonds is 5. The summed E-state index contributed by atoms with van der Waals surface area (Å²) in [5.41, 5.74) is 0. The monoisotopic (exact) mass is 265 g/mol. The van der Waals surface area contributed by atoms with Crippen molar-refractivity contribution in [2.75, 3.05) is 39.3 Å². The molecule has 2 saturated heterocycles. The fraction of sp³-hybridized carbons (Fsp3) is 1.00. The summed E-state index contributed by atoms with van der Waals surface area (Å²) >= 11 is 0. The summed E-state index contributed by atoms with van der Waals surface area (Å²) in [7, 11) is 0. The number of nitrogens with one attached hydrogen (secondary N) is 1. The lowest BCUT2D eigenvalue weighted by Crippen LogP contribution is -2.42. The molecule has 3 nitrogen and oxygen atoms in total. The highest BCUT2D eigenvalue weighted by Gasteiger charge is 2.28. The third kappa shape index (κ3) is 3.93. The van der Waals surface area contributed by atoms with E-state index in [0.717, 1.165) is 12.1 Å². The molecular weight excluding hydrogens is 234 g/mol. The second-order valence-electron chi connectivity index (χ2n) is 6.78. The van der Waals surface area contributed by atoms with Gasteiger partial charge >= 0.3 is 0 Å². The van der Waals surface area contributed by atoms with E-state index in [0.29, 0.717) is 0 Å². The summed E-state index contributed by atoms with van der Waals surface area (Å²) < 4.78 is 0. The van der Waals surface area contributed by atoms with Gasteiger partial charge in [0.1, 0.15) is 0 Å². The minimum Gasteiger partial charge on any atom is -0.313 e. The van der Waals surface area contributed by atoms with E-state index in [1.54, 1.807) is 0 Å². The van der Waals surface area contributed by atoms with Gasteiger partial charge in [0.25, 0.3) is 0 Å². The van der Waals surface area contributed by atoms with Crippen LogP contribution in [0.15, 0.2) is 0 Å². The molecule has 3 aliphatic rings. The van der Waals surface area contributed by atoms with Crippen molar-refractivity contribution in [3.63, 3.8) is 0 Å². The molecule has 0 aromatic rings. The summed E-state index contributed by atoms with van der Waals surface area (Å²) in [6, 6.07) is 1.70. The molecule has 0 aromatic heterocycles. The number of piperidine rings is 1. The summed E-state index contributed by atoms with van der Waals surface area (Å²) in [6.07, 6.45) is 11.4. The molecule has 1 unspecified atom stereocenters. The van der Waals surface area contributed by atoms with Crippen LogP contribution in [0.4, 0.5) is 0 Å². The zero-order valence-corrected chi connectivity index (χ0v) is 12.4. The van der Waals surface area contributed by atoms with Crippen LogP contribution >= 0.6 is 0 Å². The molecule has 0 radical (unpaired) electrons. The van der Waals surface area contributed by atoms with Gasteiger partial charge in [0.15, 0.2) is 0 Å². The van der Waals surface area contributed by atoms with Gasteiger partial charge < -0.3 is 10.2 Å². The van der Waals surface area contributed by atoms with Gasteiger partial charge in [0.05, 0.1) is 0 Å². The van der Waals surface area contributed by atoms with Crippen molar-refractivity contribution < 1.29 is 0 Å². The van der Waals surface area contributed by atoms with E-state index >= 15 is 0 Å². The van der Waals surface area contributed by atoms with E-state index in [4.69, 9.17) is 0 Å². The van der Waals surface area contributed by atoms with Crippen LogP contribution < -0.4 is 5.32 Å². The van der Waals surface area contributed by atoms with Crippen LogP contribution in [0.2, 0.25) is 0 Å². The maximum Gasteiger partial charge on any atom is 0.0235 e. The lowest BCUT2D eigenvalue weighted by atomic mass is 10.1. The van der Waals surface area contributed by atoms with E-state index in [1.807, 2.05) is 0 Å². The van der Waals surface area contributed by atoms with Crippen LogP contribution in [0.3, 0.4) is 0 Å². The molecule has 0 bridgehead atoms. The quantitative estimate of drug-likeness (QED) is 0.821. The molecule has 1 atom stereocenters. The van der Waals surface area contributed by atoms with Crippen LogP contribution in [-0.2, 0) is 0 Å². The Morgan fingerprint density at radius 3 is 2.42 bits per heavy atom. The van der Waals surface area contributed by atoms with Gasteiger partial charge in [-0.25, -0.2) is 0 Å². The standard InChI is InChI=1S/C16H31N3/c1-4-10-19(11-5-1)16-8-12-18(14-16)13-9-17-15-6-2-3-7-15/h15-17H,1-14H2. The Morgan fingerprint density at radius 1 is 0.842 bits per heavy atom. The minimum absolute atomic E-state index is 0.834. The van der Waals surface area contributed by atoms with Crippen molar-refractivity contribution in [1.82, 2.24) is 15.1 Å². The third-order valence-electron chi connectivity index (χ3n) is 5.37. The van der Waals surface area contributed by atoms with Gasteiger partial charge in [-0.15, -0.1) is 0 Å². The zero-order valence-electron chi connectivity index (χ0n) is 12.4. The Balaban J connectivity index is 1.32. The Bertz CT molecular complexity index is 257. The lowest BCUT2D eigenvalue weighted by Gasteiger charge is -2.32. The van der Waals surface area contributed by atoms with Crippen molar-refractivity contribution in [2.45, 2.75) is 63.5 Å². The fourth-order valence-electron chi connectivity index (χ4n) is 4.15. The molecule has 19 heavy (non-hydrogen) atoms. The van der Waals surface area contributed by atoms with Crippen molar-refractivity contribution in [3.05, 3.63) is 0 Å². The number of hydrogen-bond acceptors (Lipinski definition) is 3. The highest BCUT2D eigenvalue weighted by Crippen LogP contribution is 2.20. The highest BCUT2D eigenvalue weighted by molar-refractivity contribution is 4.85. The first-order valence-corrected chi connectivity index (χ1v) is 8.61. The van der Waals surface area contributed by atoms with Crippen LogP contribution in [0.5, 0.6) is 0 Å². The maximum atomic E-state index is 3.75. The molecule has 0 aromatic carbocycles. The molecule has 3 heteroatoms. The molecule has 1 N–H and O–H groups in total. The molecular formula is C16H31N3. The smallest absolute Gasteiger partial charge is 0.0235 e. The molecule has 3 fully saturated rings. The highest BCUT2D eigenvalue weighted by atomic mass is 15.3. The molecule has 0 spiro atoms. The Hall–Kier alpha value is -0.120. The van der Waals surface area contributed by atoms with Crippen LogP contribution in [0, 0.1) is 0 Å². The maximum absolute atomic E-state index is 3.75. The first kappa shape index (κ1) is 13.8. The average molecular weight is 265 g/mol. The second-order valence-corrected chi connectivity index (χ2v) is 6.78. The Morgan fingerprint density at radius 2 is 1.63 bits per heavy atom. The van der Waals surface area contributed by atoms with E-state index < -0.39 is 0 Å². The van der Waals surface area contributed by atoms with Gasteiger partial charge in [-0.1, -0.05) is 19.3 Å². The van der Waals surface area contributed by atoms with E-state index in [9.17, 15) is 0 Å². The first-order valence-electron chi connectivity index (χ1n) is 8.61. The average Bonchev–Trinajstić information content (AvgIpc) is 3.11.